The molecule has 1 aliphatic rings. The number of rotatable bonds is 1. The van der Waals surface area contributed by atoms with E-state index in [0.29, 0.717) is 0 Å². The molecule has 0 spiro atoms. The van der Waals surface area contributed by atoms with Crippen molar-refractivity contribution in [2.45, 2.75) is 4.21 Å². The molecule has 2 rings (SSSR count). The number of thiophene rings is 1. The maximum absolute atomic E-state index is 4.05. The first-order valence-electron chi connectivity index (χ1n) is 2.98. The Morgan fingerprint density at radius 2 is 2.50 bits per heavy atom. The molecule has 52 valence electrons. The van der Waals surface area contributed by atoms with Crippen molar-refractivity contribution in [3.63, 3.8) is 0 Å². The van der Waals surface area contributed by atoms with Crippen LogP contribution in [0.5, 0.6) is 0 Å². The van der Waals surface area contributed by atoms with Gasteiger partial charge in [-0.05, 0) is 16.9 Å². The van der Waals surface area contributed by atoms with Crippen LogP contribution in [-0.2, 0) is 0 Å². The average Bonchev–Trinajstić information content (AvgIpc) is 2.59. The molecule has 10 heavy (non-hydrogen) atoms. The summed E-state index contributed by atoms with van der Waals surface area (Å²) >= 11 is 1.81. The second-order valence-corrected chi connectivity index (χ2v) is 5.00. The molecule has 1 nitrogen and oxygen atoms in total. The van der Waals surface area contributed by atoms with Crippen molar-refractivity contribution >= 4 is 27.8 Å². The van der Waals surface area contributed by atoms with Gasteiger partial charge in [-0.2, -0.15) is 10.9 Å². The zero-order chi connectivity index (χ0) is 6.81. The monoisotopic (exact) mass is 169 g/mol. The molecule has 0 saturated carbocycles. The molecule has 0 aliphatic carbocycles. The largest absolute Gasteiger partial charge is 0.259 e. The van der Waals surface area contributed by atoms with Crippen molar-refractivity contribution in [2.75, 3.05) is 0 Å². The van der Waals surface area contributed by atoms with Crippen molar-refractivity contribution in [2.24, 2.45) is 4.99 Å². The van der Waals surface area contributed by atoms with Crippen molar-refractivity contribution in [3.05, 3.63) is 29.1 Å². The molecule has 1 unspecified atom stereocenters. The molecular formula is C7H7NS2. The van der Waals surface area contributed by atoms with E-state index >= 15 is 0 Å². The van der Waals surface area contributed by atoms with Gasteiger partial charge in [-0.3, -0.25) is 4.99 Å². The SMILES string of the molecule is C1=C[SH](c2cccs2)C=N1. The lowest BCUT2D eigenvalue weighted by Crippen LogP contribution is -1.68. The first kappa shape index (κ1) is 6.19. The molecule has 0 fully saturated rings. The minimum absolute atomic E-state index is 0.157. The summed E-state index contributed by atoms with van der Waals surface area (Å²) in [5.74, 6) is 0. The van der Waals surface area contributed by atoms with Crippen molar-refractivity contribution < 1.29 is 0 Å². The minimum Gasteiger partial charge on any atom is -0.259 e. The fourth-order valence-corrected chi connectivity index (χ4v) is 3.29. The fraction of sp³-hybridized carbons (Fsp3) is 0. The van der Waals surface area contributed by atoms with E-state index in [2.05, 4.69) is 27.9 Å². The fourth-order valence-electron chi connectivity index (χ4n) is 0.806. The van der Waals surface area contributed by atoms with E-state index in [9.17, 15) is 0 Å². The number of hydrogen-bond acceptors (Lipinski definition) is 2. The summed E-state index contributed by atoms with van der Waals surface area (Å²) in [5, 5.41) is 4.28. The Hall–Kier alpha value is -0.540. The second-order valence-electron chi connectivity index (χ2n) is 1.92. The number of aliphatic imine (C=N–C) groups is 1. The molecule has 0 radical (unpaired) electrons. The Morgan fingerprint density at radius 1 is 1.50 bits per heavy atom. The van der Waals surface area contributed by atoms with Crippen LogP contribution in [0.1, 0.15) is 0 Å². The minimum atomic E-state index is -0.157. The summed E-state index contributed by atoms with van der Waals surface area (Å²) < 4.78 is 1.44. The van der Waals surface area contributed by atoms with Gasteiger partial charge in [0.15, 0.2) is 0 Å². The summed E-state index contributed by atoms with van der Waals surface area (Å²) in [5.41, 5.74) is 2.03. The van der Waals surface area contributed by atoms with E-state index in [1.807, 2.05) is 11.7 Å². The summed E-state index contributed by atoms with van der Waals surface area (Å²) in [6, 6.07) is 4.25. The Bertz CT molecular complexity index is 249. The lowest BCUT2D eigenvalue weighted by Gasteiger charge is -2.02. The van der Waals surface area contributed by atoms with E-state index in [1.54, 1.807) is 11.3 Å². The highest BCUT2D eigenvalue weighted by Crippen LogP contribution is 2.40. The van der Waals surface area contributed by atoms with Crippen LogP contribution in [0.2, 0.25) is 0 Å². The molecule has 0 N–H and O–H groups in total. The maximum atomic E-state index is 4.05. The Morgan fingerprint density at radius 3 is 3.10 bits per heavy atom. The Labute approximate surface area is 66.5 Å². The molecule has 3 heteroatoms. The van der Waals surface area contributed by atoms with E-state index in [4.69, 9.17) is 0 Å². The van der Waals surface area contributed by atoms with Crippen LogP contribution in [0.3, 0.4) is 0 Å². The molecule has 2 heterocycles. The molecule has 1 aromatic rings. The molecule has 0 saturated heterocycles. The zero-order valence-corrected chi connectivity index (χ0v) is 6.98. The van der Waals surface area contributed by atoms with E-state index in [1.165, 1.54) is 4.21 Å². The summed E-state index contributed by atoms with van der Waals surface area (Å²) in [6.07, 6.45) is 1.88. The van der Waals surface area contributed by atoms with Gasteiger partial charge in [0, 0.05) is 16.0 Å². The molecule has 1 aliphatic heterocycles. The number of hydrogen-bond donors (Lipinski definition) is 1. The summed E-state index contributed by atoms with van der Waals surface area (Å²) in [6.45, 7) is 0. The number of nitrogens with zero attached hydrogens (tertiary/aromatic N) is 1. The van der Waals surface area contributed by atoms with Gasteiger partial charge < -0.3 is 0 Å². The van der Waals surface area contributed by atoms with Crippen molar-refractivity contribution in [1.29, 1.82) is 0 Å². The normalized spacial score (nSPS) is 25.8. The van der Waals surface area contributed by atoms with Gasteiger partial charge in [-0.15, -0.1) is 11.3 Å². The van der Waals surface area contributed by atoms with Crippen LogP contribution >= 0.6 is 22.2 Å². The Balaban J connectivity index is 2.29. The highest BCUT2D eigenvalue weighted by molar-refractivity contribution is 8.32. The number of thiol groups is 1. The molecule has 0 amide bonds. The maximum Gasteiger partial charge on any atom is 0.0486 e. The third-order valence-corrected chi connectivity index (χ3v) is 4.38. The lowest BCUT2D eigenvalue weighted by molar-refractivity contribution is 1.65. The van der Waals surface area contributed by atoms with Crippen LogP contribution in [0.4, 0.5) is 0 Å². The van der Waals surface area contributed by atoms with Crippen LogP contribution < -0.4 is 0 Å². The zero-order valence-electron chi connectivity index (χ0n) is 5.27. The van der Waals surface area contributed by atoms with Gasteiger partial charge in [0.2, 0.25) is 0 Å². The van der Waals surface area contributed by atoms with Crippen LogP contribution in [0.15, 0.2) is 38.3 Å². The highest BCUT2D eigenvalue weighted by atomic mass is 32.2. The van der Waals surface area contributed by atoms with Crippen molar-refractivity contribution in [3.8, 4) is 0 Å². The molecular weight excluding hydrogens is 162 g/mol. The summed E-state index contributed by atoms with van der Waals surface area (Å²) in [4.78, 5) is 4.05. The molecule has 1 aromatic heterocycles. The predicted octanol–water partition coefficient (Wildman–Crippen LogP) is 2.62. The quantitative estimate of drug-likeness (QED) is 0.620. The summed E-state index contributed by atoms with van der Waals surface area (Å²) in [7, 11) is -0.157. The van der Waals surface area contributed by atoms with E-state index in [-0.39, 0.29) is 10.9 Å². The van der Waals surface area contributed by atoms with Gasteiger partial charge in [0.1, 0.15) is 0 Å². The predicted molar refractivity (Wildman–Crippen MR) is 49.2 cm³/mol. The molecule has 0 bridgehead atoms. The topological polar surface area (TPSA) is 12.4 Å². The first-order chi connectivity index (χ1) is 4.97. The highest BCUT2D eigenvalue weighted by Gasteiger charge is 2.02. The van der Waals surface area contributed by atoms with Gasteiger partial charge in [0.05, 0.1) is 0 Å². The van der Waals surface area contributed by atoms with Gasteiger partial charge in [-0.25, -0.2) is 0 Å². The molecule has 0 aromatic carbocycles. The average molecular weight is 169 g/mol. The first-order valence-corrected chi connectivity index (χ1v) is 5.34. The van der Waals surface area contributed by atoms with Crippen LogP contribution in [0, 0.1) is 0 Å². The van der Waals surface area contributed by atoms with Gasteiger partial charge in [-0.1, -0.05) is 6.07 Å². The van der Waals surface area contributed by atoms with E-state index < -0.39 is 0 Å². The van der Waals surface area contributed by atoms with E-state index in [0.717, 1.165) is 0 Å². The van der Waals surface area contributed by atoms with Crippen LogP contribution in [0.25, 0.3) is 0 Å². The van der Waals surface area contributed by atoms with Gasteiger partial charge in [0.25, 0.3) is 0 Å². The smallest absolute Gasteiger partial charge is 0.0486 e. The Kier molecular flexibility index (Phi) is 1.61. The van der Waals surface area contributed by atoms with Crippen LogP contribution in [-0.4, -0.2) is 5.55 Å². The lowest BCUT2D eigenvalue weighted by atomic mass is 10.7. The second kappa shape index (κ2) is 2.60. The molecule has 1 atom stereocenters. The third kappa shape index (κ3) is 1.02. The van der Waals surface area contributed by atoms with Crippen molar-refractivity contribution in [1.82, 2.24) is 0 Å². The van der Waals surface area contributed by atoms with Gasteiger partial charge >= 0.3 is 0 Å². The standard InChI is InChI=1S/C7H7NS2/c1-2-7(9-4-1)10-5-3-8-6-10/h1-6,10H. The third-order valence-electron chi connectivity index (χ3n) is 1.27.